The molecule has 3 aliphatic rings. The molecule has 0 bridgehead atoms. The summed E-state index contributed by atoms with van der Waals surface area (Å²) >= 11 is 0. The summed E-state index contributed by atoms with van der Waals surface area (Å²) in [4.78, 5) is 2.40. The molecule has 0 aromatic heterocycles. The Bertz CT molecular complexity index is 299. The van der Waals surface area contributed by atoms with Crippen LogP contribution in [0.3, 0.4) is 0 Å². The number of aliphatic hydroxyl groups is 1. The first-order valence-electron chi connectivity index (χ1n) is 8.54. The molecule has 4 nitrogen and oxygen atoms in total. The fourth-order valence-corrected chi connectivity index (χ4v) is 4.32. The zero-order valence-corrected chi connectivity index (χ0v) is 12.6. The van der Waals surface area contributed by atoms with E-state index in [4.69, 9.17) is 4.74 Å². The average molecular weight is 282 g/mol. The molecule has 20 heavy (non-hydrogen) atoms. The first kappa shape index (κ1) is 14.8. The van der Waals surface area contributed by atoms with Crippen molar-refractivity contribution in [3.8, 4) is 0 Å². The highest BCUT2D eigenvalue weighted by atomic mass is 16.5. The highest BCUT2D eigenvalue weighted by Gasteiger charge is 2.42. The van der Waals surface area contributed by atoms with Gasteiger partial charge in [0.1, 0.15) is 0 Å². The van der Waals surface area contributed by atoms with Crippen LogP contribution in [0.25, 0.3) is 0 Å². The molecule has 0 aromatic carbocycles. The number of nitrogens with one attached hydrogen (secondary N) is 1. The monoisotopic (exact) mass is 282 g/mol. The fraction of sp³-hybridized carbons (Fsp3) is 1.00. The van der Waals surface area contributed by atoms with E-state index in [9.17, 15) is 5.11 Å². The predicted molar refractivity (Wildman–Crippen MR) is 79.9 cm³/mol. The van der Waals surface area contributed by atoms with Crippen LogP contribution in [-0.4, -0.2) is 60.5 Å². The van der Waals surface area contributed by atoms with Crippen molar-refractivity contribution in [2.75, 3.05) is 32.8 Å². The molecular weight excluding hydrogens is 252 g/mol. The van der Waals surface area contributed by atoms with E-state index in [1.54, 1.807) is 0 Å². The Hall–Kier alpha value is -0.160. The molecule has 116 valence electrons. The summed E-state index contributed by atoms with van der Waals surface area (Å²) < 4.78 is 6.41. The van der Waals surface area contributed by atoms with E-state index in [2.05, 4.69) is 10.2 Å². The van der Waals surface area contributed by atoms with Gasteiger partial charge in [-0.05, 0) is 45.1 Å². The predicted octanol–water partition coefficient (Wildman–Crippen LogP) is 1.52. The van der Waals surface area contributed by atoms with Gasteiger partial charge in [-0.1, -0.05) is 12.8 Å². The third-order valence-electron chi connectivity index (χ3n) is 5.37. The Morgan fingerprint density at radius 2 is 1.95 bits per heavy atom. The lowest BCUT2D eigenvalue weighted by Gasteiger charge is -2.29. The number of hydrogen-bond acceptors (Lipinski definition) is 4. The van der Waals surface area contributed by atoms with E-state index >= 15 is 0 Å². The molecule has 2 heterocycles. The molecular formula is C16H30N2O2. The minimum absolute atomic E-state index is 0.237. The van der Waals surface area contributed by atoms with E-state index in [1.807, 2.05) is 0 Å². The van der Waals surface area contributed by atoms with Gasteiger partial charge < -0.3 is 15.2 Å². The average Bonchev–Trinajstić information content (AvgIpc) is 3.15. The van der Waals surface area contributed by atoms with Crippen molar-refractivity contribution in [2.45, 2.75) is 69.1 Å². The normalized spacial score (nSPS) is 32.7. The van der Waals surface area contributed by atoms with Crippen LogP contribution >= 0.6 is 0 Å². The van der Waals surface area contributed by atoms with Crippen LogP contribution in [0.2, 0.25) is 0 Å². The molecule has 1 aliphatic carbocycles. The standard InChI is InChI=1S/C16H30N2O2/c19-11-10-18(12-14-4-3-9-17-14)13-15-5-8-16(20-15)6-1-2-7-16/h14-15,17,19H,1-13H2. The smallest absolute Gasteiger partial charge is 0.0710 e. The van der Waals surface area contributed by atoms with E-state index in [1.165, 1.54) is 51.4 Å². The molecule has 2 atom stereocenters. The lowest BCUT2D eigenvalue weighted by atomic mass is 9.98. The van der Waals surface area contributed by atoms with E-state index in [-0.39, 0.29) is 12.2 Å². The lowest BCUT2D eigenvalue weighted by molar-refractivity contribution is -0.0487. The molecule has 0 aromatic rings. The Balaban J connectivity index is 1.48. The van der Waals surface area contributed by atoms with Crippen LogP contribution in [0.1, 0.15) is 51.4 Å². The molecule has 2 N–H and O–H groups in total. The molecule has 2 aliphatic heterocycles. The zero-order valence-electron chi connectivity index (χ0n) is 12.6. The Kier molecular flexibility index (Phi) is 4.97. The maximum atomic E-state index is 9.29. The van der Waals surface area contributed by atoms with Crippen molar-refractivity contribution in [1.82, 2.24) is 10.2 Å². The first-order chi connectivity index (χ1) is 9.80. The highest BCUT2D eigenvalue weighted by molar-refractivity contribution is 4.93. The van der Waals surface area contributed by atoms with Crippen LogP contribution in [0.15, 0.2) is 0 Å². The summed E-state index contributed by atoms with van der Waals surface area (Å²) in [5.41, 5.74) is 0.237. The van der Waals surface area contributed by atoms with Gasteiger partial charge in [0.15, 0.2) is 0 Å². The topological polar surface area (TPSA) is 44.7 Å². The van der Waals surface area contributed by atoms with Gasteiger partial charge in [-0.25, -0.2) is 0 Å². The molecule has 3 fully saturated rings. The molecule has 1 saturated carbocycles. The van der Waals surface area contributed by atoms with E-state index < -0.39 is 0 Å². The Labute approximate surface area is 122 Å². The highest BCUT2D eigenvalue weighted by Crippen LogP contribution is 2.43. The van der Waals surface area contributed by atoms with E-state index in [0.717, 1.165) is 26.2 Å². The van der Waals surface area contributed by atoms with Gasteiger partial charge in [-0.15, -0.1) is 0 Å². The third kappa shape index (κ3) is 3.53. The summed E-state index contributed by atoms with van der Waals surface area (Å²) in [5.74, 6) is 0. The number of rotatable bonds is 6. The van der Waals surface area contributed by atoms with Gasteiger partial charge in [0, 0.05) is 25.7 Å². The minimum Gasteiger partial charge on any atom is -0.395 e. The molecule has 4 heteroatoms. The summed E-state index contributed by atoms with van der Waals surface area (Å²) in [6.07, 6.45) is 10.7. The maximum Gasteiger partial charge on any atom is 0.0710 e. The number of aliphatic hydroxyl groups excluding tert-OH is 1. The molecule has 0 radical (unpaired) electrons. The third-order valence-corrected chi connectivity index (χ3v) is 5.37. The van der Waals surface area contributed by atoms with Gasteiger partial charge in [-0.3, -0.25) is 4.90 Å². The summed E-state index contributed by atoms with van der Waals surface area (Å²) in [6.45, 7) is 4.25. The van der Waals surface area contributed by atoms with Crippen molar-refractivity contribution in [1.29, 1.82) is 0 Å². The maximum absolute atomic E-state index is 9.29. The minimum atomic E-state index is 0.237. The second-order valence-electron chi connectivity index (χ2n) is 6.95. The summed E-state index contributed by atoms with van der Waals surface area (Å²) in [5, 5.41) is 12.8. The van der Waals surface area contributed by atoms with Crippen molar-refractivity contribution < 1.29 is 9.84 Å². The van der Waals surface area contributed by atoms with Gasteiger partial charge >= 0.3 is 0 Å². The number of ether oxygens (including phenoxy) is 1. The Morgan fingerprint density at radius 1 is 1.10 bits per heavy atom. The van der Waals surface area contributed by atoms with Crippen molar-refractivity contribution >= 4 is 0 Å². The Morgan fingerprint density at radius 3 is 2.65 bits per heavy atom. The van der Waals surface area contributed by atoms with Gasteiger partial charge in [0.2, 0.25) is 0 Å². The number of hydrogen-bond donors (Lipinski definition) is 2. The first-order valence-corrected chi connectivity index (χ1v) is 8.54. The zero-order chi connectivity index (χ0) is 13.8. The molecule has 1 spiro atoms. The quantitative estimate of drug-likeness (QED) is 0.775. The second-order valence-corrected chi connectivity index (χ2v) is 6.95. The molecule has 3 rings (SSSR count). The van der Waals surface area contributed by atoms with Crippen LogP contribution < -0.4 is 5.32 Å². The summed E-state index contributed by atoms with van der Waals surface area (Å²) in [7, 11) is 0. The van der Waals surface area contributed by atoms with Crippen LogP contribution in [-0.2, 0) is 4.74 Å². The largest absolute Gasteiger partial charge is 0.395 e. The van der Waals surface area contributed by atoms with Crippen molar-refractivity contribution in [3.05, 3.63) is 0 Å². The van der Waals surface area contributed by atoms with Gasteiger partial charge in [0.25, 0.3) is 0 Å². The summed E-state index contributed by atoms with van der Waals surface area (Å²) in [6, 6.07) is 0.614. The second kappa shape index (κ2) is 6.73. The van der Waals surface area contributed by atoms with Crippen LogP contribution in [0, 0.1) is 0 Å². The SMILES string of the molecule is OCCN(CC1CCCN1)CC1CCC2(CCCC2)O1. The molecule has 2 unspecified atom stereocenters. The molecule has 0 amide bonds. The number of nitrogens with zero attached hydrogens (tertiary/aromatic N) is 1. The van der Waals surface area contributed by atoms with Crippen LogP contribution in [0.4, 0.5) is 0 Å². The van der Waals surface area contributed by atoms with Gasteiger partial charge in [0.05, 0.1) is 18.3 Å². The molecule has 2 saturated heterocycles. The fourth-order valence-electron chi connectivity index (χ4n) is 4.32. The lowest BCUT2D eigenvalue weighted by Crippen LogP contribution is -2.43. The van der Waals surface area contributed by atoms with Crippen LogP contribution in [0.5, 0.6) is 0 Å². The van der Waals surface area contributed by atoms with E-state index in [0.29, 0.717) is 12.1 Å². The van der Waals surface area contributed by atoms with Crippen molar-refractivity contribution in [2.24, 2.45) is 0 Å². The van der Waals surface area contributed by atoms with Gasteiger partial charge in [-0.2, -0.15) is 0 Å². The van der Waals surface area contributed by atoms with Crippen molar-refractivity contribution in [3.63, 3.8) is 0 Å².